The predicted molar refractivity (Wildman–Crippen MR) is 112 cm³/mol. The minimum atomic E-state index is 0.0487. The fraction of sp³-hybridized carbons (Fsp3) is 0.391. The number of piperidine rings is 1. The molecule has 0 spiro atoms. The van der Waals surface area contributed by atoms with E-state index in [-0.39, 0.29) is 6.04 Å². The zero-order valence-corrected chi connectivity index (χ0v) is 17.6. The van der Waals surface area contributed by atoms with Crippen LogP contribution >= 0.6 is 0 Å². The van der Waals surface area contributed by atoms with Crippen LogP contribution in [-0.4, -0.2) is 33.7 Å². The van der Waals surface area contributed by atoms with E-state index < -0.39 is 0 Å². The topological polar surface area (TPSA) is 88.1 Å². The minimum absolute atomic E-state index is 0.0487. The van der Waals surface area contributed by atoms with Gasteiger partial charge in [0.05, 0.1) is 30.5 Å². The maximum absolute atomic E-state index is 9.13. The quantitative estimate of drug-likeness (QED) is 0.625. The Bertz CT molecular complexity index is 1090. The van der Waals surface area contributed by atoms with Gasteiger partial charge in [0.1, 0.15) is 5.75 Å². The molecule has 0 aliphatic carbocycles. The van der Waals surface area contributed by atoms with Crippen molar-refractivity contribution in [2.75, 3.05) is 13.7 Å². The standard InChI is InChI=1S/C23H25N5O2/c1-15-13-25-19(16(2)21(15)29-3)14-28-10-5-4-9-20(28)23-26-22(27-30-23)18-8-6-7-17(11-18)12-24/h6-8,11,13,20H,4-5,9-10,14H2,1-3H3. The second-order valence-electron chi connectivity index (χ2n) is 7.68. The van der Waals surface area contributed by atoms with Gasteiger partial charge >= 0.3 is 0 Å². The number of rotatable bonds is 5. The molecule has 3 aromatic rings. The number of ether oxygens (including phenoxy) is 1. The highest BCUT2D eigenvalue weighted by molar-refractivity contribution is 5.57. The van der Waals surface area contributed by atoms with E-state index in [0.29, 0.717) is 23.8 Å². The molecule has 30 heavy (non-hydrogen) atoms. The molecular weight excluding hydrogens is 378 g/mol. The molecule has 1 aliphatic rings. The van der Waals surface area contributed by atoms with E-state index in [4.69, 9.17) is 14.5 Å². The van der Waals surface area contributed by atoms with Crippen LogP contribution in [0.2, 0.25) is 0 Å². The first-order valence-electron chi connectivity index (χ1n) is 10.2. The Kier molecular flexibility index (Phi) is 5.77. The van der Waals surface area contributed by atoms with E-state index in [0.717, 1.165) is 53.9 Å². The fourth-order valence-electron chi connectivity index (χ4n) is 4.10. The SMILES string of the molecule is COc1c(C)cnc(CN2CCCCC2c2nc(-c3cccc(C#N)c3)no2)c1C. The summed E-state index contributed by atoms with van der Waals surface area (Å²) in [6.45, 7) is 5.71. The van der Waals surface area contributed by atoms with E-state index >= 15 is 0 Å². The number of nitrogens with zero attached hydrogens (tertiary/aromatic N) is 5. The molecule has 1 atom stereocenters. The van der Waals surface area contributed by atoms with Crippen LogP contribution in [0.1, 0.15) is 53.6 Å². The van der Waals surface area contributed by atoms with Crippen LogP contribution < -0.4 is 4.74 Å². The van der Waals surface area contributed by atoms with E-state index in [1.807, 2.05) is 25.3 Å². The highest BCUT2D eigenvalue weighted by Gasteiger charge is 2.30. The van der Waals surface area contributed by atoms with E-state index in [1.54, 1.807) is 19.2 Å². The van der Waals surface area contributed by atoms with Crippen molar-refractivity contribution < 1.29 is 9.26 Å². The highest BCUT2D eigenvalue weighted by atomic mass is 16.5. The van der Waals surface area contributed by atoms with Crippen LogP contribution in [0.5, 0.6) is 5.75 Å². The lowest BCUT2D eigenvalue weighted by Crippen LogP contribution is -2.33. The maximum Gasteiger partial charge on any atom is 0.244 e. The largest absolute Gasteiger partial charge is 0.496 e. The summed E-state index contributed by atoms with van der Waals surface area (Å²) in [7, 11) is 1.70. The van der Waals surface area contributed by atoms with Crippen molar-refractivity contribution in [2.24, 2.45) is 0 Å². The monoisotopic (exact) mass is 403 g/mol. The average molecular weight is 403 g/mol. The number of pyridine rings is 1. The van der Waals surface area contributed by atoms with E-state index in [2.05, 4.69) is 33.0 Å². The molecule has 3 heterocycles. The number of methoxy groups -OCH3 is 1. The lowest BCUT2D eigenvalue weighted by molar-refractivity contribution is 0.110. The van der Waals surface area contributed by atoms with Crippen molar-refractivity contribution in [1.82, 2.24) is 20.0 Å². The lowest BCUT2D eigenvalue weighted by atomic mass is 10.0. The van der Waals surface area contributed by atoms with Gasteiger partial charge < -0.3 is 9.26 Å². The van der Waals surface area contributed by atoms with Crippen LogP contribution in [0.3, 0.4) is 0 Å². The molecule has 0 radical (unpaired) electrons. The number of hydrogen-bond donors (Lipinski definition) is 0. The Morgan fingerprint density at radius 2 is 2.17 bits per heavy atom. The first kappa shape index (κ1) is 20.0. The normalized spacial score (nSPS) is 16.9. The zero-order valence-electron chi connectivity index (χ0n) is 17.6. The Balaban J connectivity index is 1.59. The summed E-state index contributed by atoms with van der Waals surface area (Å²) in [5, 5.41) is 13.3. The second-order valence-corrected chi connectivity index (χ2v) is 7.68. The maximum atomic E-state index is 9.13. The van der Waals surface area contributed by atoms with Gasteiger partial charge in [0, 0.05) is 29.4 Å². The third-order valence-corrected chi connectivity index (χ3v) is 5.69. The van der Waals surface area contributed by atoms with Gasteiger partial charge in [0.2, 0.25) is 11.7 Å². The second kappa shape index (κ2) is 8.64. The molecule has 154 valence electrons. The van der Waals surface area contributed by atoms with Crippen LogP contribution in [0.15, 0.2) is 35.0 Å². The van der Waals surface area contributed by atoms with Crippen molar-refractivity contribution in [1.29, 1.82) is 5.26 Å². The Labute approximate surface area is 176 Å². The summed E-state index contributed by atoms with van der Waals surface area (Å²) in [6, 6.07) is 9.45. The predicted octanol–water partition coefficient (Wildman–Crippen LogP) is 4.36. The van der Waals surface area contributed by atoms with Crippen molar-refractivity contribution in [3.05, 3.63) is 58.7 Å². The minimum Gasteiger partial charge on any atom is -0.496 e. The molecule has 1 aliphatic heterocycles. The number of benzene rings is 1. The Morgan fingerprint density at radius 1 is 1.30 bits per heavy atom. The molecule has 1 unspecified atom stereocenters. The lowest BCUT2D eigenvalue weighted by Gasteiger charge is -2.33. The van der Waals surface area contributed by atoms with Gasteiger partial charge in [-0.25, -0.2) is 0 Å². The number of aryl methyl sites for hydroxylation is 1. The number of likely N-dealkylation sites (tertiary alicyclic amines) is 1. The molecule has 4 rings (SSSR count). The summed E-state index contributed by atoms with van der Waals surface area (Å²) in [5.74, 6) is 2.02. The number of aromatic nitrogens is 3. The molecule has 0 N–H and O–H groups in total. The summed E-state index contributed by atoms with van der Waals surface area (Å²) >= 11 is 0. The summed E-state index contributed by atoms with van der Waals surface area (Å²) < 4.78 is 11.2. The molecule has 1 saturated heterocycles. The van der Waals surface area contributed by atoms with Crippen LogP contribution in [0, 0.1) is 25.2 Å². The van der Waals surface area contributed by atoms with Crippen LogP contribution in [-0.2, 0) is 6.54 Å². The first-order chi connectivity index (χ1) is 14.6. The van der Waals surface area contributed by atoms with Gasteiger partial charge in [-0.2, -0.15) is 10.2 Å². The first-order valence-corrected chi connectivity index (χ1v) is 10.2. The molecule has 1 fully saturated rings. The van der Waals surface area contributed by atoms with E-state index in [1.165, 1.54) is 0 Å². The van der Waals surface area contributed by atoms with Crippen molar-refractivity contribution >= 4 is 0 Å². The molecule has 0 saturated carbocycles. The number of hydrogen-bond acceptors (Lipinski definition) is 7. The summed E-state index contributed by atoms with van der Waals surface area (Å²) in [6.07, 6.45) is 5.07. The Hall–Kier alpha value is -3.24. The van der Waals surface area contributed by atoms with Gasteiger partial charge in [-0.1, -0.05) is 23.7 Å². The Morgan fingerprint density at radius 3 is 2.97 bits per heavy atom. The highest BCUT2D eigenvalue weighted by Crippen LogP contribution is 2.33. The molecular formula is C23H25N5O2. The zero-order chi connectivity index (χ0) is 21.1. The summed E-state index contributed by atoms with van der Waals surface area (Å²) in [4.78, 5) is 11.7. The van der Waals surface area contributed by atoms with Gasteiger partial charge in [0.15, 0.2) is 0 Å². The van der Waals surface area contributed by atoms with Gasteiger partial charge in [-0.15, -0.1) is 0 Å². The van der Waals surface area contributed by atoms with Crippen LogP contribution in [0.4, 0.5) is 0 Å². The van der Waals surface area contributed by atoms with Gasteiger partial charge in [-0.05, 0) is 45.4 Å². The summed E-state index contributed by atoms with van der Waals surface area (Å²) in [5.41, 5.74) is 4.47. The van der Waals surface area contributed by atoms with Gasteiger partial charge in [0.25, 0.3) is 0 Å². The molecule has 2 aromatic heterocycles. The fourth-order valence-corrected chi connectivity index (χ4v) is 4.10. The van der Waals surface area contributed by atoms with Crippen LogP contribution in [0.25, 0.3) is 11.4 Å². The number of nitriles is 1. The molecule has 0 bridgehead atoms. The van der Waals surface area contributed by atoms with E-state index in [9.17, 15) is 0 Å². The molecule has 7 heteroatoms. The van der Waals surface area contributed by atoms with Crippen molar-refractivity contribution in [3.63, 3.8) is 0 Å². The molecule has 1 aromatic carbocycles. The molecule has 0 amide bonds. The van der Waals surface area contributed by atoms with Crippen molar-refractivity contribution in [3.8, 4) is 23.2 Å². The third kappa shape index (κ3) is 3.91. The van der Waals surface area contributed by atoms with Gasteiger partial charge in [-0.3, -0.25) is 9.88 Å². The average Bonchev–Trinajstić information content (AvgIpc) is 3.27. The van der Waals surface area contributed by atoms with Crippen molar-refractivity contribution in [2.45, 2.75) is 45.7 Å². The smallest absolute Gasteiger partial charge is 0.244 e. The molecule has 7 nitrogen and oxygen atoms in total. The third-order valence-electron chi connectivity index (χ3n) is 5.69.